The smallest absolute Gasteiger partial charge is 0.336 e. The van der Waals surface area contributed by atoms with Gasteiger partial charge in [0.15, 0.2) is 0 Å². The van der Waals surface area contributed by atoms with Gasteiger partial charge in [0, 0.05) is 91.6 Å². The lowest BCUT2D eigenvalue weighted by molar-refractivity contribution is -0.170. The molecule has 6 N–H and O–H groups in total. The maximum absolute atomic E-state index is 13.3. The highest BCUT2D eigenvalue weighted by Crippen LogP contribution is 2.11. The summed E-state index contributed by atoms with van der Waals surface area (Å²) in [5.74, 6) is -4.00. The molecule has 23 nitrogen and oxygen atoms in total. The van der Waals surface area contributed by atoms with Gasteiger partial charge in [-0.25, -0.2) is 48.3 Å². The van der Waals surface area contributed by atoms with Crippen molar-refractivity contribution in [1.29, 1.82) is 0 Å². The molecule has 0 bridgehead atoms. The third-order valence-electron chi connectivity index (χ3n) is 10.6. The molecule has 1 atom stereocenters. The van der Waals surface area contributed by atoms with Gasteiger partial charge in [0.05, 0.1) is 13.2 Å². The van der Waals surface area contributed by atoms with Crippen molar-refractivity contribution in [3.63, 3.8) is 0 Å². The number of amides is 5. The number of hydroxylamine groups is 8. The van der Waals surface area contributed by atoms with Crippen molar-refractivity contribution in [1.82, 2.24) is 39.3 Å². The van der Waals surface area contributed by atoms with Crippen LogP contribution in [0.5, 0.6) is 0 Å². The number of aromatic nitrogens is 3. The highest BCUT2D eigenvalue weighted by atomic mass is 16.5. The minimum atomic E-state index is -1.58. The van der Waals surface area contributed by atoms with Gasteiger partial charge in [0.1, 0.15) is 17.6 Å². The van der Waals surface area contributed by atoms with Gasteiger partial charge < -0.3 is 10.4 Å². The Labute approximate surface area is 378 Å². The molecule has 1 aromatic heterocycles. The van der Waals surface area contributed by atoms with Gasteiger partial charge >= 0.3 is 17.1 Å². The Morgan fingerprint density at radius 2 is 0.892 bits per heavy atom. The van der Waals surface area contributed by atoms with E-state index < -0.39 is 72.1 Å². The van der Waals surface area contributed by atoms with Crippen molar-refractivity contribution < 1.29 is 59.5 Å². The SMILES string of the molecule is CCCCCCCC(=O)CCCCCC(=O)CCN(O)C(=O)[C@@H](CO)NC(=O)CCC(=O)N(O)CCCCn1c(=O)n(CCCCN(O)C(C)=O)c(=O)n(CCCCN(O)C(C)=O)c1=O. The van der Waals surface area contributed by atoms with Crippen LogP contribution in [0, 0.1) is 0 Å². The monoisotopic (exact) mass is 929 g/mol. The molecule has 370 valence electrons. The molecule has 0 aliphatic heterocycles. The fraction of sp³-hybridized carbons (Fsp3) is 0.762. The minimum Gasteiger partial charge on any atom is -0.394 e. The van der Waals surface area contributed by atoms with Gasteiger partial charge in [0.2, 0.25) is 23.6 Å². The Hall–Kier alpha value is -5.10. The van der Waals surface area contributed by atoms with Crippen LogP contribution in [0.3, 0.4) is 0 Å². The van der Waals surface area contributed by atoms with E-state index >= 15 is 0 Å². The van der Waals surface area contributed by atoms with E-state index in [0.29, 0.717) is 47.3 Å². The quantitative estimate of drug-likeness (QED) is 0.0316. The third-order valence-corrected chi connectivity index (χ3v) is 10.6. The highest BCUT2D eigenvalue weighted by Gasteiger charge is 2.26. The van der Waals surface area contributed by atoms with Gasteiger partial charge in [-0.15, -0.1) is 0 Å². The molecule has 23 heteroatoms. The molecule has 0 radical (unpaired) electrons. The minimum absolute atomic E-state index is 0.0600. The molecule has 5 amide bonds. The number of carbonyl (C=O) groups is 7. The summed E-state index contributed by atoms with van der Waals surface area (Å²) in [4.78, 5) is 125. The lowest BCUT2D eigenvalue weighted by Crippen LogP contribution is -2.54. The lowest BCUT2D eigenvalue weighted by Gasteiger charge is -2.21. The molecule has 0 fully saturated rings. The first-order valence-corrected chi connectivity index (χ1v) is 22.7. The maximum atomic E-state index is 13.3. The first-order valence-electron chi connectivity index (χ1n) is 22.7. The van der Waals surface area contributed by atoms with Gasteiger partial charge in [-0.2, -0.15) is 0 Å². The number of hydrogen-bond donors (Lipinski definition) is 6. The molecule has 0 aromatic carbocycles. The van der Waals surface area contributed by atoms with Crippen molar-refractivity contribution in [2.24, 2.45) is 0 Å². The predicted octanol–water partition coefficient (Wildman–Crippen LogP) is 1.52. The second-order valence-corrected chi connectivity index (χ2v) is 16.0. The highest BCUT2D eigenvalue weighted by molar-refractivity contribution is 5.89. The number of nitrogens with one attached hydrogen (secondary N) is 1. The molecular weight excluding hydrogens is 857 g/mol. The third kappa shape index (κ3) is 23.1. The maximum Gasteiger partial charge on any atom is 0.336 e. The number of aliphatic hydroxyl groups is 1. The zero-order valence-corrected chi connectivity index (χ0v) is 38.3. The fourth-order valence-corrected chi connectivity index (χ4v) is 6.61. The summed E-state index contributed by atoms with van der Waals surface area (Å²) in [6.07, 6.45) is 8.30. The second-order valence-electron chi connectivity index (χ2n) is 16.0. The fourth-order valence-electron chi connectivity index (χ4n) is 6.61. The first-order chi connectivity index (χ1) is 30.9. The standard InChI is InChI=1S/C42H72N8O15/c1-4-5-6-7-9-18-34(54)19-10-8-11-20-35(55)23-30-50(65)39(58)36(31-51)43-37(56)21-22-38(57)49(64)29-17-14-26-46-41(60)44(24-12-15-27-47(62)32(2)52)40(59)45(42(46)61)25-13-16-28-48(63)33(3)53/h36,51,62-65H,4-31H2,1-3H3,(H,43,56)/t36-/m1/s1. The number of Topliss-reactive ketones (excluding diaryl/α,β-unsaturated/α-hetero) is 2. The summed E-state index contributed by atoms with van der Waals surface area (Å²) >= 11 is 0. The summed E-state index contributed by atoms with van der Waals surface area (Å²) in [5, 5.41) is 53.2. The van der Waals surface area contributed by atoms with E-state index in [1.165, 1.54) is 6.42 Å². The first kappa shape index (κ1) is 57.9. The molecule has 0 unspecified atom stereocenters. The summed E-state index contributed by atoms with van der Waals surface area (Å²) in [6.45, 7) is 2.25. The zero-order valence-electron chi connectivity index (χ0n) is 38.3. The Morgan fingerprint density at radius 1 is 0.492 bits per heavy atom. The van der Waals surface area contributed by atoms with Gasteiger partial charge in [-0.1, -0.05) is 39.0 Å². The van der Waals surface area contributed by atoms with Crippen molar-refractivity contribution >= 4 is 41.1 Å². The van der Waals surface area contributed by atoms with Gasteiger partial charge in [-0.05, 0) is 57.8 Å². The molecule has 65 heavy (non-hydrogen) atoms. The summed E-state index contributed by atoms with van der Waals surface area (Å²) in [6, 6.07) is -1.58. The van der Waals surface area contributed by atoms with E-state index in [0.717, 1.165) is 53.2 Å². The largest absolute Gasteiger partial charge is 0.394 e. The Morgan fingerprint density at radius 3 is 1.31 bits per heavy atom. The normalized spacial score (nSPS) is 11.5. The van der Waals surface area contributed by atoms with Gasteiger partial charge in [-0.3, -0.25) is 54.4 Å². The number of ketones is 2. The van der Waals surface area contributed by atoms with E-state index in [-0.39, 0.29) is 114 Å². The van der Waals surface area contributed by atoms with Crippen molar-refractivity contribution in [2.75, 3.05) is 32.8 Å². The summed E-state index contributed by atoms with van der Waals surface area (Å²) < 4.78 is 2.52. The number of hydrogen-bond acceptors (Lipinski definition) is 15. The van der Waals surface area contributed by atoms with E-state index in [4.69, 9.17) is 0 Å². The Kier molecular flexibility index (Phi) is 29.0. The van der Waals surface area contributed by atoms with Crippen LogP contribution in [0.25, 0.3) is 0 Å². The van der Waals surface area contributed by atoms with Gasteiger partial charge in [0.25, 0.3) is 5.91 Å². The van der Waals surface area contributed by atoms with Crippen molar-refractivity contribution in [3.05, 3.63) is 31.5 Å². The Bertz CT molecular complexity index is 1800. The molecular formula is C42H72N8O15. The van der Waals surface area contributed by atoms with Crippen LogP contribution >= 0.6 is 0 Å². The molecule has 0 saturated carbocycles. The molecule has 1 heterocycles. The van der Waals surface area contributed by atoms with Crippen molar-refractivity contribution in [2.45, 2.75) is 175 Å². The molecule has 0 aliphatic carbocycles. The van der Waals surface area contributed by atoms with E-state index in [1.807, 2.05) is 0 Å². The Balaban J connectivity index is 2.63. The van der Waals surface area contributed by atoms with Crippen LogP contribution < -0.4 is 22.4 Å². The molecule has 0 saturated heterocycles. The molecule has 0 aliphatic rings. The number of carbonyl (C=O) groups excluding carboxylic acids is 7. The molecule has 1 rings (SSSR count). The zero-order chi connectivity index (χ0) is 48.9. The number of nitrogens with zero attached hydrogens (tertiary/aromatic N) is 7. The van der Waals surface area contributed by atoms with E-state index in [9.17, 15) is 73.9 Å². The van der Waals surface area contributed by atoms with Crippen molar-refractivity contribution in [3.8, 4) is 0 Å². The van der Waals surface area contributed by atoms with Crippen LogP contribution in [-0.4, -0.2) is 140 Å². The van der Waals surface area contributed by atoms with Crippen LogP contribution in [0.2, 0.25) is 0 Å². The van der Waals surface area contributed by atoms with Crippen LogP contribution in [0.4, 0.5) is 0 Å². The molecule has 1 aromatic rings. The van der Waals surface area contributed by atoms with E-state index in [2.05, 4.69) is 12.2 Å². The van der Waals surface area contributed by atoms with E-state index in [1.54, 1.807) is 0 Å². The van der Waals surface area contributed by atoms with Crippen LogP contribution in [0.15, 0.2) is 14.4 Å². The number of rotatable bonds is 36. The second kappa shape index (κ2) is 32.5. The summed E-state index contributed by atoms with van der Waals surface area (Å²) in [7, 11) is 0. The predicted molar refractivity (Wildman–Crippen MR) is 232 cm³/mol. The number of aliphatic hydroxyl groups excluding tert-OH is 1. The average Bonchev–Trinajstić information content (AvgIpc) is 3.27. The topological polar surface area (TPSA) is 312 Å². The van der Waals surface area contributed by atoms with Crippen LogP contribution in [0.1, 0.15) is 149 Å². The van der Waals surface area contributed by atoms with Crippen LogP contribution in [-0.2, 0) is 53.2 Å². The summed E-state index contributed by atoms with van der Waals surface area (Å²) in [5.41, 5.74) is -2.73. The molecule has 0 spiro atoms. The average molecular weight is 929 g/mol. The lowest BCUT2D eigenvalue weighted by atomic mass is 10.0. The number of unbranched alkanes of at least 4 members (excludes halogenated alkanes) is 9.